The number of hydrogen-bond acceptors (Lipinski definition) is 2. The number of benzene rings is 2. The van der Waals surface area contributed by atoms with Crippen LogP contribution in [0.25, 0.3) is 11.1 Å². The van der Waals surface area contributed by atoms with Gasteiger partial charge in [0.15, 0.2) is 0 Å². The molecule has 1 aliphatic heterocycles. The number of rotatable bonds is 5. The molecule has 1 saturated heterocycles. The van der Waals surface area contributed by atoms with E-state index in [1.807, 2.05) is 7.05 Å². The summed E-state index contributed by atoms with van der Waals surface area (Å²) in [5.74, 6) is 0. The quantitative estimate of drug-likeness (QED) is 0.747. The van der Waals surface area contributed by atoms with Gasteiger partial charge in [0.2, 0.25) is 0 Å². The van der Waals surface area contributed by atoms with Gasteiger partial charge >= 0.3 is 12.3 Å². The Morgan fingerprint density at radius 3 is 2.43 bits per heavy atom. The summed E-state index contributed by atoms with van der Waals surface area (Å²) in [6, 6.07) is 12.1. The zero-order valence-electron chi connectivity index (χ0n) is 15.6. The van der Waals surface area contributed by atoms with E-state index in [2.05, 4.69) is 4.90 Å². The number of carboxylic acid groups (broad SMARTS) is 1. The Morgan fingerprint density at radius 1 is 1.18 bits per heavy atom. The molecule has 1 amide bonds. The van der Waals surface area contributed by atoms with Crippen LogP contribution in [0.1, 0.15) is 24.8 Å². The average Bonchev–Trinajstić information content (AvgIpc) is 3.06. The molecule has 4 nitrogen and oxygen atoms in total. The first-order chi connectivity index (χ1) is 13.3. The van der Waals surface area contributed by atoms with Crippen LogP contribution in [0, 0.1) is 0 Å². The molecular weight excluding hydrogens is 369 g/mol. The largest absolute Gasteiger partial charge is 0.465 e. The maximum atomic E-state index is 12.8. The number of nitrogens with zero attached hydrogens (tertiary/aromatic N) is 2. The Kier molecular flexibility index (Phi) is 5.93. The Labute approximate surface area is 162 Å². The number of anilines is 1. The zero-order chi connectivity index (χ0) is 20.3. The molecule has 1 unspecified atom stereocenters. The van der Waals surface area contributed by atoms with Crippen LogP contribution in [-0.4, -0.2) is 42.3 Å². The van der Waals surface area contributed by atoms with Crippen molar-refractivity contribution in [3.05, 3.63) is 54.1 Å². The second kappa shape index (κ2) is 8.22. The number of alkyl halides is 3. The second-order valence-corrected chi connectivity index (χ2v) is 7.09. The predicted molar refractivity (Wildman–Crippen MR) is 103 cm³/mol. The van der Waals surface area contributed by atoms with E-state index in [1.54, 1.807) is 24.3 Å². The Bertz CT molecular complexity index is 821. The van der Waals surface area contributed by atoms with Gasteiger partial charge in [0.25, 0.3) is 0 Å². The molecule has 1 N–H and O–H groups in total. The minimum Gasteiger partial charge on any atom is -0.465 e. The monoisotopic (exact) mass is 392 g/mol. The molecule has 0 aliphatic carbocycles. The van der Waals surface area contributed by atoms with E-state index in [-0.39, 0.29) is 0 Å². The molecule has 1 heterocycles. The fourth-order valence-corrected chi connectivity index (χ4v) is 3.73. The molecule has 1 atom stereocenters. The topological polar surface area (TPSA) is 43.8 Å². The van der Waals surface area contributed by atoms with E-state index in [4.69, 9.17) is 0 Å². The molecule has 1 aliphatic rings. The van der Waals surface area contributed by atoms with Gasteiger partial charge in [-0.25, -0.2) is 4.79 Å². The van der Waals surface area contributed by atoms with Crippen LogP contribution in [0.4, 0.5) is 23.7 Å². The van der Waals surface area contributed by atoms with Crippen LogP contribution in [0.15, 0.2) is 48.5 Å². The molecular formula is C21H23F3N2O2. The summed E-state index contributed by atoms with van der Waals surface area (Å²) in [4.78, 5) is 15.4. The fraction of sp³-hybridized carbons (Fsp3) is 0.381. The van der Waals surface area contributed by atoms with Crippen LogP contribution >= 0.6 is 0 Å². The maximum absolute atomic E-state index is 12.8. The third-order valence-electron chi connectivity index (χ3n) is 5.31. The normalized spacial score (nSPS) is 17.6. The SMILES string of the molecule is CN1CCCC1CCN(C(=O)O)c1ccccc1-c1ccc(C(F)(F)F)cc1. The minimum atomic E-state index is -4.40. The first-order valence-electron chi connectivity index (χ1n) is 9.24. The Balaban J connectivity index is 1.87. The van der Waals surface area contributed by atoms with Gasteiger partial charge < -0.3 is 10.0 Å². The molecule has 0 radical (unpaired) electrons. The highest BCUT2D eigenvalue weighted by molar-refractivity contribution is 5.92. The number of para-hydroxylation sites is 1. The number of likely N-dealkylation sites (tertiary alicyclic amines) is 1. The van der Waals surface area contributed by atoms with E-state index >= 15 is 0 Å². The van der Waals surface area contributed by atoms with Gasteiger partial charge in [0.1, 0.15) is 0 Å². The predicted octanol–water partition coefficient (Wildman–Crippen LogP) is 5.34. The van der Waals surface area contributed by atoms with E-state index in [0.29, 0.717) is 35.8 Å². The Morgan fingerprint density at radius 2 is 1.86 bits per heavy atom. The number of hydrogen-bond donors (Lipinski definition) is 1. The number of amides is 1. The molecule has 1 fully saturated rings. The number of halogens is 3. The standard InChI is InChI=1S/C21H23F3N2O2/c1-25-13-4-5-17(25)12-14-26(20(27)28)19-7-3-2-6-18(19)15-8-10-16(11-9-15)21(22,23)24/h2-3,6-11,17H,4-5,12-14H2,1H3,(H,27,28). The molecule has 0 saturated carbocycles. The summed E-state index contributed by atoms with van der Waals surface area (Å²) in [5, 5.41) is 9.75. The van der Waals surface area contributed by atoms with Crippen molar-refractivity contribution in [2.75, 3.05) is 25.0 Å². The number of carbonyl (C=O) groups is 1. The zero-order valence-corrected chi connectivity index (χ0v) is 15.6. The molecule has 0 bridgehead atoms. The van der Waals surface area contributed by atoms with Crippen molar-refractivity contribution in [2.24, 2.45) is 0 Å². The van der Waals surface area contributed by atoms with Crippen molar-refractivity contribution in [2.45, 2.75) is 31.5 Å². The molecule has 2 aromatic rings. The first-order valence-corrected chi connectivity index (χ1v) is 9.24. The van der Waals surface area contributed by atoms with Crippen LogP contribution in [-0.2, 0) is 6.18 Å². The first kappa shape index (κ1) is 20.2. The van der Waals surface area contributed by atoms with Crippen LogP contribution < -0.4 is 4.90 Å². The van der Waals surface area contributed by atoms with Crippen LogP contribution in [0.2, 0.25) is 0 Å². The smallest absolute Gasteiger partial charge is 0.416 e. The van der Waals surface area contributed by atoms with Crippen LogP contribution in [0.3, 0.4) is 0 Å². The van der Waals surface area contributed by atoms with E-state index in [1.165, 1.54) is 17.0 Å². The van der Waals surface area contributed by atoms with Gasteiger partial charge in [-0.15, -0.1) is 0 Å². The van der Waals surface area contributed by atoms with Crippen LogP contribution in [0.5, 0.6) is 0 Å². The molecule has 0 spiro atoms. The molecule has 3 rings (SSSR count). The summed E-state index contributed by atoms with van der Waals surface area (Å²) in [6.07, 6.45) is -2.61. The lowest BCUT2D eigenvalue weighted by Gasteiger charge is -2.26. The van der Waals surface area contributed by atoms with E-state index < -0.39 is 17.8 Å². The van der Waals surface area contributed by atoms with Crippen molar-refractivity contribution in [3.63, 3.8) is 0 Å². The third-order valence-corrected chi connectivity index (χ3v) is 5.31. The van der Waals surface area contributed by atoms with E-state index in [0.717, 1.165) is 31.5 Å². The van der Waals surface area contributed by atoms with Crippen molar-refractivity contribution in [3.8, 4) is 11.1 Å². The molecule has 2 aromatic carbocycles. The maximum Gasteiger partial charge on any atom is 0.416 e. The van der Waals surface area contributed by atoms with Gasteiger partial charge in [0.05, 0.1) is 11.3 Å². The lowest BCUT2D eigenvalue weighted by molar-refractivity contribution is -0.137. The summed E-state index contributed by atoms with van der Waals surface area (Å²) < 4.78 is 38.5. The lowest BCUT2D eigenvalue weighted by Crippen LogP contribution is -2.35. The molecule has 0 aromatic heterocycles. The van der Waals surface area contributed by atoms with Gasteiger partial charge in [-0.1, -0.05) is 30.3 Å². The highest BCUT2D eigenvalue weighted by Crippen LogP contribution is 2.35. The molecule has 28 heavy (non-hydrogen) atoms. The third kappa shape index (κ3) is 4.47. The van der Waals surface area contributed by atoms with Gasteiger partial charge in [-0.3, -0.25) is 4.90 Å². The summed E-state index contributed by atoms with van der Waals surface area (Å²) >= 11 is 0. The molecule has 7 heteroatoms. The Hall–Kier alpha value is -2.54. The second-order valence-electron chi connectivity index (χ2n) is 7.09. The van der Waals surface area contributed by atoms with Crippen molar-refractivity contribution >= 4 is 11.8 Å². The van der Waals surface area contributed by atoms with E-state index in [9.17, 15) is 23.1 Å². The average molecular weight is 392 g/mol. The summed E-state index contributed by atoms with van der Waals surface area (Å²) in [5.41, 5.74) is 0.898. The summed E-state index contributed by atoms with van der Waals surface area (Å²) in [7, 11) is 2.04. The minimum absolute atomic E-state index is 0.335. The van der Waals surface area contributed by atoms with Crippen molar-refractivity contribution in [1.82, 2.24) is 4.90 Å². The highest BCUT2D eigenvalue weighted by Gasteiger charge is 2.30. The van der Waals surface area contributed by atoms with Crippen molar-refractivity contribution < 1.29 is 23.1 Å². The van der Waals surface area contributed by atoms with Gasteiger partial charge in [-0.2, -0.15) is 13.2 Å². The lowest BCUT2D eigenvalue weighted by atomic mass is 10.0. The fourth-order valence-electron chi connectivity index (χ4n) is 3.73. The highest BCUT2D eigenvalue weighted by atomic mass is 19.4. The van der Waals surface area contributed by atoms with Gasteiger partial charge in [-0.05, 0) is 56.6 Å². The van der Waals surface area contributed by atoms with Gasteiger partial charge in [0, 0.05) is 18.2 Å². The summed E-state index contributed by atoms with van der Waals surface area (Å²) in [6.45, 7) is 1.35. The van der Waals surface area contributed by atoms with Crippen molar-refractivity contribution in [1.29, 1.82) is 0 Å². The molecule has 150 valence electrons.